The highest BCUT2D eigenvalue weighted by molar-refractivity contribution is 7.89. The molecule has 0 atom stereocenters. The van der Waals surface area contributed by atoms with Gasteiger partial charge in [0.15, 0.2) is 0 Å². The van der Waals surface area contributed by atoms with E-state index in [0.29, 0.717) is 24.7 Å². The molecule has 1 aliphatic carbocycles. The zero-order valence-corrected chi connectivity index (χ0v) is 15.9. The van der Waals surface area contributed by atoms with Crippen molar-refractivity contribution in [1.29, 1.82) is 0 Å². The van der Waals surface area contributed by atoms with Crippen molar-refractivity contribution in [3.63, 3.8) is 0 Å². The molecule has 0 bridgehead atoms. The molecule has 0 unspecified atom stereocenters. The van der Waals surface area contributed by atoms with E-state index in [1.807, 2.05) is 0 Å². The number of hydrogen-bond acceptors (Lipinski definition) is 5. The van der Waals surface area contributed by atoms with Gasteiger partial charge in [-0.15, -0.1) is 12.4 Å². The molecule has 6 nitrogen and oxygen atoms in total. The van der Waals surface area contributed by atoms with Crippen molar-refractivity contribution in [2.24, 2.45) is 5.92 Å². The fourth-order valence-corrected chi connectivity index (χ4v) is 4.46. The van der Waals surface area contributed by atoms with E-state index in [-0.39, 0.29) is 17.3 Å². The molecule has 1 aromatic rings. The SMILES string of the molecule is COC(=O)c1ccc(S(=O)(=O)N2CCC(NCC3CC3)CC2)cc1.Cl. The van der Waals surface area contributed by atoms with E-state index in [1.54, 1.807) is 0 Å². The van der Waals surface area contributed by atoms with E-state index >= 15 is 0 Å². The Bertz CT molecular complexity index is 681. The van der Waals surface area contributed by atoms with Gasteiger partial charge in [-0.05, 0) is 62.4 Å². The van der Waals surface area contributed by atoms with Crippen molar-refractivity contribution in [3.8, 4) is 0 Å². The highest BCUT2D eigenvalue weighted by Gasteiger charge is 2.30. The summed E-state index contributed by atoms with van der Waals surface area (Å²) < 4.78 is 31.6. The highest BCUT2D eigenvalue weighted by Crippen LogP contribution is 2.28. The Labute approximate surface area is 155 Å². The van der Waals surface area contributed by atoms with E-state index < -0.39 is 16.0 Å². The summed E-state index contributed by atoms with van der Waals surface area (Å²) in [6.07, 6.45) is 4.32. The van der Waals surface area contributed by atoms with Crippen LogP contribution in [-0.2, 0) is 14.8 Å². The lowest BCUT2D eigenvalue weighted by atomic mass is 10.1. The average molecular weight is 389 g/mol. The number of hydrogen-bond donors (Lipinski definition) is 1. The number of benzene rings is 1. The molecule has 1 N–H and O–H groups in total. The molecule has 0 aromatic heterocycles. The van der Waals surface area contributed by atoms with Crippen LogP contribution < -0.4 is 5.32 Å². The summed E-state index contributed by atoms with van der Waals surface area (Å²) in [6.45, 7) is 2.12. The Hall–Kier alpha value is -1.15. The van der Waals surface area contributed by atoms with Crippen molar-refractivity contribution >= 4 is 28.4 Å². The molecule has 0 radical (unpaired) electrons. The minimum absolute atomic E-state index is 0. The Morgan fingerprint density at radius 3 is 2.28 bits per heavy atom. The Morgan fingerprint density at radius 2 is 1.76 bits per heavy atom. The Morgan fingerprint density at radius 1 is 1.16 bits per heavy atom. The van der Waals surface area contributed by atoms with Gasteiger partial charge in [0.2, 0.25) is 10.0 Å². The molecule has 0 spiro atoms. The van der Waals surface area contributed by atoms with E-state index in [1.165, 1.54) is 48.5 Å². The lowest BCUT2D eigenvalue weighted by Crippen LogP contribution is -2.45. The molecule has 0 amide bonds. The van der Waals surface area contributed by atoms with Gasteiger partial charge in [-0.3, -0.25) is 0 Å². The second kappa shape index (κ2) is 8.49. The number of carbonyl (C=O) groups excluding carboxylic acids is 1. The van der Waals surface area contributed by atoms with E-state index in [9.17, 15) is 13.2 Å². The van der Waals surface area contributed by atoms with Crippen molar-refractivity contribution in [1.82, 2.24) is 9.62 Å². The number of piperidine rings is 1. The van der Waals surface area contributed by atoms with Crippen LogP contribution in [0.2, 0.25) is 0 Å². The maximum atomic E-state index is 12.7. The monoisotopic (exact) mass is 388 g/mol. The van der Waals surface area contributed by atoms with Crippen LogP contribution in [0.1, 0.15) is 36.0 Å². The molecule has 3 rings (SSSR count). The van der Waals surface area contributed by atoms with Crippen LogP contribution in [0.3, 0.4) is 0 Å². The molecular weight excluding hydrogens is 364 g/mol. The first kappa shape index (κ1) is 20.2. The first-order chi connectivity index (χ1) is 11.5. The van der Waals surface area contributed by atoms with Crippen LogP contribution in [-0.4, -0.2) is 51.5 Å². The molecule has 1 aromatic carbocycles. The molecule has 1 aliphatic heterocycles. The molecule has 2 aliphatic rings. The highest BCUT2D eigenvalue weighted by atomic mass is 35.5. The third-order valence-electron chi connectivity index (χ3n) is 4.76. The van der Waals surface area contributed by atoms with Gasteiger partial charge in [0, 0.05) is 19.1 Å². The van der Waals surface area contributed by atoms with Gasteiger partial charge in [0.1, 0.15) is 0 Å². The largest absolute Gasteiger partial charge is 0.465 e. The van der Waals surface area contributed by atoms with Gasteiger partial charge >= 0.3 is 5.97 Å². The number of halogens is 1. The van der Waals surface area contributed by atoms with Gasteiger partial charge in [-0.25, -0.2) is 13.2 Å². The quantitative estimate of drug-likeness (QED) is 0.755. The zero-order chi connectivity index (χ0) is 17.2. The molecule has 2 fully saturated rings. The molecule has 1 saturated carbocycles. The molecule has 8 heteroatoms. The second-order valence-corrected chi connectivity index (χ2v) is 8.48. The van der Waals surface area contributed by atoms with E-state index in [4.69, 9.17) is 0 Å². The van der Waals surface area contributed by atoms with Crippen LogP contribution in [0.25, 0.3) is 0 Å². The first-order valence-electron chi connectivity index (χ1n) is 8.42. The Balaban J connectivity index is 0.00000225. The Kier molecular flexibility index (Phi) is 6.85. The van der Waals surface area contributed by atoms with Gasteiger partial charge in [0.05, 0.1) is 17.6 Å². The minimum Gasteiger partial charge on any atom is -0.465 e. The molecule has 140 valence electrons. The minimum atomic E-state index is -3.50. The summed E-state index contributed by atoms with van der Waals surface area (Å²) in [4.78, 5) is 11.7. The maximum Gasteiger partial charge on any atom is 0.337 e. The lowest BCUT2D eigenvalue weighted by molar-refractivity contribution is 0.0600. The fraction of sp³-hybridized carbons (Fsp3) is 0.588. The standard InChI is InChI=1S/C17H24N2O4S.ClH/c1-23-17(20)14-4-6-16(7-5-14)24(21,22)19-10-8-15(9-11-19)18-12-13-2-3-13;/h4-7,13,15,18H,2-3,8-12H2,1H3;1H. The smallest absolute Gasteiger partial charge is 0.337 e. The fourth-order valence-electron chi connectivity index (χ4n) is 2.99. The van der Waals surface area contributed by atoms with Crippen molar-refractivity contribution in [2.75, 3.05) is 26.7 Å². The van der Waals surface area contributed by atoms with Crippen LogP contribution in [0.15, 0.2) is 29.2 Å². The van der Waals surface area contributed by atoms with Crippen LogP contribution in [0.5, 0.6) is 0 Å². The predicted molar refractivity (Wildman–Crippen MR) is 97.5 cm³/mol. The summed E-state index contributed by atoms with van der Waals surface area (Å²) in [6, 6.07) is 6.34. The summed E-state index contributed by atoms with van der Waals surface area (Å²) >= 11 is 0. The number of esters is 1. The van der Waals surface area contributed by atoms with Gasteiger partial charge in [-0.1, -0.05) is 0 Å². The number of rotatable bonds is 6. The topological polar surface area (TPSA) is 75.7 Å². The maximum absolute atomic E-state index is 12.7. The number of methoxy groups -OCH3 is 1. The summed E-state index contributed by atoms with van der Waals surface area (Å²) in [7, 11) is -2.20. The van der Waals surface area contributed by atoms with Crippen LogP contribution in [0, 0.1) is 5.92 Å². The summed E-state index contributed by atoms with van der Waals surface area (Å²) in [5.74, 6) is 0.363. The molecular formula is C17H25ClN2O4S. The van der Waals surface area contributed by atoms with Gasteiger partial charge in [-0.2, -0.15) is 4.31 Å². The lowest BCUT2D eigenvalue weighted by Gasteiger charge is -2.31. The third-order valence-corrected chi connectivity index (χ3v) is 6.67. The number of sulfonamides is 1. The predicted octanol–water partition coefficient (Wildman–Crippen LogP) is 2.05. The summed E-state index contributed by atoms with van der Waals surface area (Å²) in [5.41, 5.74) is 0.347. The molecule has 25 heavy (non-hydrogen) atoms. The third kappa shape index (κ3) is 4.94. The molecule has 1 heterocycles. The number of nitrogens with one attached hydrogen (secondary N) is 1. The molecule has 1 saturated heterocycles. The number of ether oxygens (including phenoxy) is 1. The van der Waals surface area contributed by atoms with Crippen molar-refractivity contribution in [2.45, 2.75) is 36.6 Å². The summed E-state index contributed by atoms with van der Waals surface area (Å²) in [5, 5.41) is 3.55. The average Bonchev–Trinajstić information content (AvgIpc) is 3.44. The van der Waals surface area contributed by atoms with Crippen molar-refractivity contribution in [3.05, 3.63) is 29.8 Å². The van der Waals surface area contributed by atoms with Crippen LogP contribution >= 0.6 is 12.4 Å². The van der Waals surface area contributed by atoms with Gasteiger partial charge < -0.3 is 10.1 Å². The van der Waals surface area contributed by atoms with E-state index in [2.05, 4.69) is 10.1 Å². The first-order valence-corrected chi connectivity index (χ1v) is 9.86. The van der Waals surface area contributed by atoms with E-state index in [0.717, 1.165) is 25.3 Å². The van der Waals surface area contributed by atoms with Crippen LogP contribution in [0.4, 0.5) is 0 Å². The number of carbonyl (C=O) groups is 1. The van der Waals surface area contributed by atoms with Crippen molar-refractivity contribution < 1.29 is 17.9 Å². The number of nitrogens with zero attached hydrogens (tertiary/aromatic N) is 1. The van der Waals surface area contributed by atoms with Gasteiger partial charge in [0.25, 0.3) is 0 Å². The second-order valence-electron chi connectivity index (χ2n) is 6.55. The zero-order valence-electron chi connectivity index (χ0n) is 14.3. The normalized spacial score (nSPS) is 19.2.